The summed E-state index contributed by atoms with van der Waals surface area (Å²) in [4.78, 5) is 26.3. The average Bonchev–Trinajstić information content (AvgIpc) is 2.70. The van der Waals surface area contributed by atoms with Crippen LogP contribution in [0, 0.1) is 0 Å². The molecule has 1 aromatic carbocycles. The first-order valence-corrected chi connectivity index (χ1v) is 5.00. The molecule has 0 aliphatic rings. The molecule has 0 saturated carbocycles. The lowest BCUT2D eigenvalue weighted by Crippen LogP contribution is -2.23. The number of nitrogens with zero attached hydrogens (tertiary/aromatic N) is 2. The van der Waals surface area contributed by atoms with E-state index in [4.69, 9.17) is 10.8 Å². The van der Waals surface area contributed by atoms with Crippen molar-refractivity contribution in [2.24, 2.45) is 5.73 Å². The van der Waals surface area contributed by atoms with Crippen molar-refractivity contribution in [3.05, 3.63) is 30.1 Å². The number of primary amides is 1. The molecule has 0 fully saturated rings. The molecular formula is C11H11N3O3. The van der Waals surface area contributed by atoms with Gasteiger partial charge in [0.2, 0.25) is 5.91 Å². The zero-order valence-electron chi connectivity index (χ0n) is 9.12. The number of carboxylic acid groups (broad SMARTS) is 1. The number of fused-ring (bicyclic) bond motifs is 1. The van der Waals surface area contributed by atoms with Gasteiger partial charge in [0.05, 0.1) is 22.9 Å². The molecular weight excluding hydrogens is 222 g/mol. The Morgan fingerprint density at radius 3 is 2.76 bits per heavy atom. The molecule has 2 aromatic rings. The summed E-state index contributed by atoms with van der Waals surface area (Å²) in [7, 11) is 0. The van der Waals surface area contributed by atoms with Crippen LogP contribution in [0.3, 0.4) is 0 Å². The van der Waals surface area contributed by atoms with Crippen LogP contribution in [0.4, 0.5) is 0 Å². The Morgan fingerprint density at radius 1 is 1.47 bits per heavy atom. The van der Waals surface area contributed by atoms with E-state index in [1.807, 2.05) is 0 Å². The molecule has 0 radical (unpaired) electrons. The summed E-state index contributed by atoms with van der Waals surface area (Å²) in [5.41, 5.74) is 6.25. The van der Waals surface area contributed by atoms with Crippen molar-refractivity contribution in [1.29, 1.82) is 0 Å². The van der Waals surface area contributed by atoms with E-state index in [0.717, 1.165) is 0 Å². The molecule has 1 amide bonds. The standard InChI is InChI=1S/C11H11N3O3/c1-6(10(12)15)14-5-13-8-4-2-3-7(9(8)14)11(16)17/h2-6H,1H3,(H2,12,15)(H,16,17). The van der Waals surface area contributed by atoms with E-state index in [1.54, 1.807) is 19.1 Å². The molecule has 3 N–H and O–H groups in total. The number of carboxylic acids is 1. The van der Waals surface area contributed by atoms with Crippen LogP contribution in [0.25, 0.3) is 11.0 Å². The van der Waals surface area contributed by atoms with Gasteiger partial charge in [0.25, 0.3) is 0 Å². The van der Waals surface area contributed by atoms with E-state index in [0.29, 0.717) is 11.0 Å². The molecule has 6 heteroatoms. The summed E-state index contributed by atoms with van der Waals surface area (Å²) in [5, 5.41) is 9.09. The van der Waals surface area contributed by atoms with Crippen molar-refractivity contribution in [2.45, 2.75) is 13.0 Å². The minimum Gasteiger partial charge on any atom is -0.478 e. The lowest BCUT2D eigenvalue weighted by atomic mass is 10.1. The highest BCUT2D eigenvalue weighted by atomic mass is 16.4. The Balaban J connectivity index is 2.73. The predicted molar refractivity (Wildman–Crippen MR) is 60.6 cm³/mol. The van der Waals surface area contributed by atoms with Gasteiger partial charge in [-0.2, -0.15) is 0 Å². The summed E-state index contributed by atoms with van der Waals surface area (Å²) < 4.78 is 1.47. The number of aromatic nitrogens is 2. The minimum atomic E-state index is -1.06. The number of hydrogen-bond acceptors (Lipinski definition) is 3. The second-order valence-electron chi connectivity index (χ2n) is 3.71. The Kier molecular flexibility index (Phi) is 2.55. The van der Waals surface area contributed by atoms with Crippen LogP contribution in [0.2, 0.25) is 0 Å². The van der Waals surface area contributed by atoms with Gasteiger partial charge in [-0.05, 0) is 19.1 Å². The predicted octanol–water partition coefficient (Wildman–Crippen LogP) is 0.781. The van der Waals surface area contributed by atoms with Crippen LogP contribution < -0.4 is 5.73 Å². The molecule has 0 aliphatic heterocycles. The van der Waals surface area contributed by atoms with Gasteiger partial charge in [0.1, 0.15) is 6.04 Å². The number of carbonyl (C=O) groups excluding carboxylic acids is 1. The molecule has 1 heterocycles. The van der Waals surface area contributed by atoms with E-state index in [1.165, 1.54) is 17.0 Å². The second-order valence-corrected chi connectivity index (χ2v) is 3.71. The Bertz CT molecular complexity index is 603. The maximum Gasteiger partial charge on any atom is 0.337 e. The van der Waals surface area contributed by atoms with Gasteiger partial charge in [-0.15, -0.1) is 0 Å². The third kappa shape index (κ3) is 1.73. The molecule has 1 atom stereocenters. The fraction of sp³-hybridized carbons (Fsp3) is 0.182. The van der Waals surface area contributed by atoms with Crippen LogP contribution in [-0.4, -0.2) is 26.5 Å². The molecule has 17 heavy (non-hydrogen) atoms. The fourth-order valence-electron chi connectivity index (χ4n) is 1.69. The van der Waals surface area contributed by atoms with Gasteiger partial charge >= 0.3 is 5.97 Å². The van der Waals surface area contributed by atoms with Crippen LogP contribution >= 0.6 is 0 Å². The number of imidazole rings is 1. The zero-order valence-corrected chi connectivity index (χ0v) is 9.12. The number of nitrogens with two attached hydrogens (primary N) is 1. The smallest absolute Gasteiger partial charge is 0.337 e. The lowest BCUT2D eigenvalue weighted by Gasteiger charge is -2.11. The van der Waals surface area contributed by atoms with Crippen molar-refractivity contribution in [3.8, 4) is 0 Å². The number of benzene rings is 1. The lowest BCUT2D eigenvalue weighted by molar-refractivity contribution is -0.120. The van der Waals surface area contributed by atoms with E-state index < -0.39 is 17.9 Å². The molecule has 0 spiro atoms. The highest BCUT2D eigenvalue weighted by Crippen LogP contribution is 2.21. The van der Waals surface area contributed by atoms with Crippen LogP contribution in [0.5, 0.6) is 0 Å². The zero-order chi connectivity index (χ0) is 12.6. The monoisotopic (exact) mass is 233 g/mol. The first kappa shape index (κ1) is 11.1. The van der Waals surface area contributed by atoms with Crippen molar-refractivity contribution < 1.29 is 14.7 Å². The first-order valence-electron chi connectivity index (χ1n) is 5.00. The quantitative estimate of drug-likeness (QED) is 0.818. The van der Waals surface area contributed by atoms with Gasteiger partial charge in [-0.25, -0.2) is 9.78 Å². The number of rotatable bonds is 3. The number of aromatic carboxylic acids is 1. The summed E-state index contributed by atoms with van der Waals surface area (Å²) >= 11 is 0. The third-order valence-electron chi connectivity index (χ3n) is 2.65. The summed E-state index contributed by atoms with van der Waals surface area (Å²) in [5.74, 6) is -1.60. The van der Waals surface area contributed by atoms with Crippen molar-refractivity contribution in [1.82, 2.24) is 9.55 Å². The number of carbonyl (C=O) groups is 2. The normalized spacial score (nSPS) is 12.5. The van der Waals surface area contributed by atoms with Crippen LogP contribution in [0.1, 0.15) is 23.3 Å². The molecule has 0 bridgehead atoms. The second kappa shape index (κ2) is 3.89. The highest BCUT2D eigenvalue weighted by molar-refractivity contribution is 6.01. The van der Waals surface area contributed by atoms with Gasteiger partial charge in [0.15, 0.2) is 0 Å². The third-order valence-corrected chi connectivity index (χ3v) is 2.65. The molecule has 88 valence electrons. The summed E-state index contributed by atoms with van der Waals surface area (Å²) in [6.45, 7) is 1.60. The molecule has 0 saturated heterocycles. The Labute approximate surface area is 96.7 Å². The Hall–Kier alpha value is -2.37. The SMILES string of the molecule is CC(C(N)=O)n1cnc2cccc(C(=O)O)c21. The highest BCUT2D eigenvalue weighted by Gasteiger charge is 2.18. The summed E-state index contributed by atoms with van der Waals surface area (Å²) in [6, 6.07) is 4.13. The van der Waals surface area contributed by atoms with E-state index in [2.05, 4.69) is 4.98 Å². The molecule has 6 nitrogen and oxygen atoms in total. The van der Waals surface area contributed by atoms with E-state index >= 15 is 0 Å². The van der Waals surface area contributed by atoms with Crippen LogP contribution in [0.15, 0.2) is 24.5 Å². The Morgan fingerprint density at radius 2 is 2.18 bits per heavy atom. The maximum atomic E-state index is 11.1. The van der Waals surface area contributed by atoms with Gasteiger partial charge in [0, 0.05) is 0 Å². The van der Waals surface area contributed by atoms with Crippen molar-refractivity contribution in [3.63, 3.8) is 0 Å². The first-order chi connectivity index (χ1) is 8.02. The number of amides is 1. The molecule has 0 aliphatic carbocycles. The van der Waals surface area contributed by atoms with Gasteiger partial charge in [-0.1, -0.05) is 6.07 Å². The van der Waals surface area contributed by atoms with Crippen LogP contribution in [-0.2, 0) is 4.79 Å². The fourth-order valence-corrected chi connectivity index (χ4v) is 1.69. The van der Waals surface area contributed by atoms with Gasteiger partial charge in [-0.3, -0.25) is 4.79 Å². The van der Waals surface area contributed by atoms with Gasteiger partial charge < -0.3 is 15.4 Å². The molecule has 1 aromatic heterocycles. The largest absolute Gasteiger partial charge is 0.478 e. The van der Waals surface area contributed by atoms with Crippen molar-refractivity contribution in [2.75, 3.05) is 0 Å². The number of para-hydroxylation sites is 1. The molecule has 2 rings (SSSR count). The number of hydrogen-bond donors (Lipinski definition) is 2. The maximum absolute atomic E-state index is 11.1. The summed E-state index contributed by atoms with van der Waals surface area (Å²) in [6.07, 6.45) is 1.42. The molecule has 1 unspecified atom stereocenters. The average molecular weight is 233 g/mol. The van der Waals surface area contributed by atoms with Crippen molar-refractivity contribution >= 4 is 22.9 Å². The topological polar surface area (TPSA) is 98.2 Å². The van der Waals surface area contributed by atoms with E-state index in [-0.39, 0.29) is 5.56 Å². The van der Waals surface area contributed by atoms with E-state index in [9.17, 15) is 9.59 Å². The minimum absolute atomic E-state index is 0.105.